The minimum atomic E-state index is -0.148. The zero-order chi connectivity index (χ0) is 15.9. The van der Waals surface area contributed by atoms with Crippen LogP contribution in [0.25, 0.3) is 10.2 Å². The van der Waals surface area contributed by atoms with E-state index in [0.29, 0.717) is 15.7 Å². The van der Waals surface area contributed by atoms with Crippen molar-refractivity contribution in [2.75, 3.05) is 5.32 Å². The van der Waals surface area contributed by atoms with Crippen molar-refractivity contribution in [3.63, 3.8) is 0 Å². The maximum Gasteiger partial charge on any atom is 0.257 e. The van der Waals surface area contributed by atoms with Crippen molar-refractivity contribution >= 4 is 44.2 Å². The van der Waals surface area contributed by atoms with Crippen molar-refractivity contribution in [3.8, 4) is 0 Å². The topological polar surface area (TPSA) is 42.0 Å². The number of nitrogens with zero attached hydrogens (tertiary/aromatic N) is 1. The molecule has 0 aliphatic carbocycles. The molecule has 0 unspecified atom stereocenters. The molecule has 0 saturated carbocycles. The van der Waals surface area contributed by atoms with E-state index in [9.17, 15) is 4.79 Å². The maximum absolute atomic E-state index is 12.4. The number of amides is 1. The average Bonchev–Trinajstić information content (AvgIpc) is 2.88. The highest BCUT2D eigenvalue weighted by Gasteiger charge is 2.14. The molecule has 112 valence electrons. The Labute approximate surface area is 138 Å². The minimum Gasteiger partial charge on any atom is -0.298 e. The second-order valence-corrected chi connectivity index (χ2v) is 6.74. The lowest BCUT2D eigenvalue weighted by atomic mass is 10.1. The molecule has 0 aliphatic heterocycles. The first-order chi connectivity index (χ1) is 10.5. The highest BCUT2D eigenvalue weighted by atomic mass is 35.5. The van der Waals surface area contributed by atoms with Crippen LogP contribution in [0.2, 0.25) is 5.02 Å². The standard InChI is InChI=1S/C17H15ClN2OS/c1-9-4-6-12(11(3)8-9)16(21)20-17-19-14-10(2)5-7-13(18)15(14)22-17/h4-8H,1-3H3,(H,19,20,21). The van der Waals surface area contributed by atoms with Gasteiger partial charge in [0, 0.05) is 5.56 Å². The van der Waals surface area contributed by atoms with E-state index in [1.54, 1.807) is 0 Å². The number of carbonyl (C=O) groups is 1. The number of thiazole rings is 1. The molecule has 0 aliphatic rings. The molecule has 22 heavy (non-hydrogen) atoms. The first-order valence-electron chi connectivity index (χ1n) is 6.90. The van der Waals surface area contributed by atoms with Gasteiger partial charge >= 0.3 is 0 Å². The normalized spacial score (nSPS) is 10.9. The first-order valence-corrected chi connectivity index (χ1v) is 8.09. The molecule has 3 rings (SSSR count). The van der Waals surface area contributed by atoms with Crippen LogP contribution in [0, 0.1) is 20.8 Å². The van der Waals surface area contributed by atoms with Crippen LogP contribution in [0.15, 0.2) is 30.3 Å². The summed E-state index contributed by atoms with van der Waals surface area (Å²) in [7, 11) is 0. The SMILES string of the molecule is Cc1ccc(C(=O)Nc2nc3c(C)ccc(Cl)c3s2)c(C)c1. The number of aromatic nitrogens is 1. The van der Waals surface area contributed by atoms with E-state index in [4.69, 9.17) is 11.6 Å². The third kappa shape index (κ3) is 2.72. The Morgan fingerprint density at radius 1 is 1.14 bits per heavy atom. The van der Waals surface area contributed by atoms with E-state index in [-0.39, 0.29) is 5.91 Å². The van der Waals surface area contributed by atoms with Crippen molar-refractivity contribution in [1.29, 1.82) is 0 Å². The number of anilines is 1. The summed E-state index contributed by atoms with van der Waals surface area (Å²) in [5.41, 5.74) is 4.63. The molecule has 1 heterocycles. The molecule has 0 fully saturated rings. The maximum atomic E-state index is 12.4. The van der Waals surface area contributed by atoms with Crippen LogP contribution in [-0.4, -0.2) is 10.9 Å². The lowest BCUT2D eigenvalue weighted by Gasteiger charge is -2.06. The number of benzene rings is 2. The van der Waals surface area contributed by atoms with Gasteiger partial charge in [-0.1, -0.05) is 46.7 Å². The highest BCUT2D eigenvalue weighted by Crippen LogP contribution is 2.34. The van der Waals surface area contributed by atoms with Gasteiger partial charge < -0.3 is 0 Å². The predicted octanol–water partition coefficient (Wildman–Crippen LogP) is 5.13. The molecule has 0 spiro atoms. The van der Waals surface area contributed by atoms with Gasteiger partial charge in [-0.25, -0.2) is 4.98 Å². The third-order valence-corrected chi connectivity index (χ3v) is 4.98. The van der Waals surface area contributed by atoms with Gasteiger partial charge in [0.1, 0.15) is 0 Å². The number of nitrogens with one attached hydrogen (secondary N) is 1. The summed E-state index contributed by atoms with van der Waals surface area (Å²) in [5.74, 6) is -0.148. The van der Waals surface area contributed by atoms with Gasteiger partial charge in [-0.3, -0.25) is 10.1 Å². The summed E-state index contributed by atoms with van der Waals surface area (Å²) in [5, 5.41) is 4.10. The van der Waals surface area contributed by atoms with E-state index < -0.39 is 0 Å². The number of aryl methyl sites for hydroxylation is 3. The fourth-order valence-electron chi connectivity index (χ4n) is 2.39. The highest BCUT2D eigenvalue weighted by molar-refractivity contribution is 7.23. The first kappa shape index (κ1) is 15.0. The smallest absolute Gasteiger partial charge is 0.257 e. The monoisotopic (exact) mass is 330 g/mol. The Hall–Kier alpha value is -1.91. The van der Waals surface area contributed by atoms with Gasteiger partial charge in [-0.15, -0.1) is 0 Å². The summed E-state index contributed by atoms with van der Waals surface area (Å²) in [6.07, 6.45) is 0. The Morgan fingerprint density at radius 2 is 1.91 bits per heavy atom. The van der Waals surface area contributed by atoms with Crippen LogP contribution in [0.5, 0.6) is 0 Å². The largest absolute Gasteiger partial charge is 0.298 e. The van der Waals surface area contributed by atoms with Gasteiger partial charge in [0.25, 0.3) is 5.91 Å². The fraction of sp³-hybridized carbons (Fsp3) is 0.176. The van der Waals surface area contributed by atoms with Crippen LogP contribution >= 0.6 is 22.9 Å². The number of fused-ring (bicyclic) bond motifs is 1. The van der Waals surface area contributed by atoms with E-state index in [0.717, 1.165) is 26.9 Å². The summed E-state index contributed by atoms with van der Waals surface area (Å²) < 4.78 is 0.901. The molecule has 1 amide bonds. The molecule has 0 bridgehead atoms. The Balaban J connectivity index is 1.94. The van der Waals surface area contributed by atoms with Crippen molar-refractivity contribution in [2.24, 2.45) is 0 Å². The van der Waals surface area contributed by atoms with Gasteiger partial charge in [-0.2, -0.15) is 0 Å². The van der Waals surface area contributed by atoms with Crippen LogP contribution < -0.4 is 5.32 Å². The molecule has 1 N–H and O–H groups in total. The molecule has 0 atom stereocenters. The number of halogens is 1. The van der Waals surface area contributed by atoms with Gasteiger partial charge in [0.2, 0.25) is 0 Å². The van der Waals surface area contributed by atoms with Crippen molar-refractivity contribution in [2.45, 2.75) is 20.8 Å². The molecule has 2 aromatic carbocycles. The van der Waals surface area contributed by atoms with E-state index in [1.807, 2.05) is 51.1 Å². The van der Waals surface area contributed by atoms with Gasteiger partial charge in [0.05, 0.1) is 15.2 Å². The van der Waals surface area contributed by atoms with Crippen LogP contribution in [0.1, 0.15) is 27.0 Å². The molecular formula is C17H15ClN2OS. The summed E-state index contributed by atoms with van der Waals surface area (Å²) >= 11 is 7.59. The van der Waals surface area contributed by atoms with Crippen molar-refractivity contribution in [1.82, 2.24) is 4.98 Å². The van der Waals surface area contributed by atoms with Crippen molar-refractivity contribution < 1.29 is 4.79 Å². The Morgan fingerprint density at radius 3 is 2.59 bits per heavy atom. The second-order valence-electron chi connectivity index (χ2n) is 5.33. The quantitative estimate of drug-likeness (QED) is 0.708. The molecule has 1 aromatic heterocycles. The molecule has 0 radical (unpaired) electrons. The van der Waals surface area contributed by atoms with Gasteiger partial charge in [0.15, 0.2) is 5.13 Å². The zero-order valence-corrected chi connectivity index (χ0v) is 14.1. The fourth-order valence-corrected chi connectivity index (χ4v) is 3.60. The lowest BCUT2D eigenvalue weighted by molar-refractivity contribution is 0.102. The zero-order valence-electron chi connectivity index (χ0n) is 12.5. The van der Waals surface area contributed by atoms with Crippen molar-refractivity contribution in [3.05, 3.63) is 57.6 Å². The number of carbonyl (C=O) groups excluding carboxylic acids is 1. The number of hydrogen-bond acceptors (Lipinski definition) is 3. The van der Waals surface area contributed by atoms with E-state index in [1.165, 1.54) is 11.3 Å². The van der Waals surface area contributed by atoms with Gasteiger partial charge in [-0.05, 0) is 44.0 Å². The average molecular weight is 331 g/mol. The number of hydrogen-bond donors (Lipinski definition) is 1. The summed E-state index contributed by atoms with van der Waals surface area (Å²) in [6, 6.07) is 9.55. The molecule has 3 nitrogen and oxygen atoms in total. The summed E-state index contributed by atoms with van der Waals surface area (Å²) in [4.78, 5) is 16.9. The number of rotatable bonds is 2. The lowest BCUT2D eigenvalue weighted by Crippen LogP contribution is -2.13. The molecule has 0 saturated heterocycles. The molecule has 5 heteroatoms. The second kappa shape index (κ2) is 5.71. The molecule has 3 aromatic rings. The molecular weight excluding hydrogens is 316 g/mol. The predicted molar refractivity (Wildman–Crippen MR) is 93.2 cm³/mol. The van der Waals surface area contributed by atoms with Crippen LogP contribution in [0.4, 0.5) is 5.13 Å². The van der Waals surface area contributed by atoms with Crippen LogP contribution in [0.3, 0.4) is 0 Å². The van der Waals surface area contributed by atoms with E-state index in [2.05, 4.69) is 10.3 Å². The Kier molecular flexibility index (Phi) is 3.89. The summed E-state index contributed by atoms with van der Waals surface area (Å²) in [6.45, 7) is 5.92. The minimum absolute atomic E-state index is 0.148. The Bertz CT molecular complexity index is 847. The van der Waals surface area contributed by atoms with Crippen LogP contribution in [-0.2, 0) is 0 Å². The third-order valence-electron chi connectivity index (χ3n) is 3.54. The van der Waals surface area contributed by atoms with E-state index >= 15 is 0 Å².